The Kier molecular flexibility index (Phi) is 6.68. The van der Waals surface area contributed by atoms with E-state index in [2.05, 4.69) is 233 Å². The number of imidazole rings is 4. The van der Waals surface area contributed by atoms with E-state index in [0.29, 0.717) is 0 Å². The van der Waals surface area contributed by atoms with Gasteiger partial charge in [-0.15, -0.1) is 0 Å². The predicted octanol–water partition coefficient (Wildman–Crippen LogP) is 12.7. The summed E-state index contributed by atoms with van der Waals surface area (Å²) in [6.07, 6.45) is 0. The summed E-state index contributed by atoms with van der Waals surface area (Å²) in [5, 5.41) is 2.35. The normalized spacial score (nSPS) is 12.2. The molecule has 14 rings (SSSR count). The molecule has 0 amide bonds. The average Bonchev–Trinajstić information content (AvgIpc) is 4.17. The van der Waals surface area contributed by atoms with E-state index in [0.717, 1.165) is 101 Å². The first-order chi connectivity index (χ1) is 30.8. The lowest BCUT2D eigenvalue weighted by molar-refractivity contribution is 1.09. The van der Waals surface area contributed by atoms with Crippen molar-refractivity contribution in [2.24, 2.45) is 0 Å². The molecule has 6 aromatic heterocycles. The molecule has 290 valence electrons. The van der Waals surface area contributed by atoms with E-state index in [4.69, 9.17) is 9.97 Å². The Hall–Kier alpha value is -8.62. The SMILES string of the molecule is c1ccc(-n2c3c4ccccc4n(-c4ccccc4)c3n3c4ccc(-c5ccc6c(c5)nc5n(-c7ccccc7)c7c8ccccc8n(-c8ccccc8)c7n65)cc4nc23)cc1. The molecule has 0 aliphatic rings. The van der Waals surface area contributed by atoms with Gasteiger partial charge < -0.3 is 0 Å². The second kappa shape index (κ2) is 12.5. The van der Waals surface area contributed by atoms with Crippen molar-refractivity contribution in [1.29, 1.82) is 0 Å². The first-order valence-corrected chi connectivity index (χ1v) is 20.9. The van der Waals surface area contributed by atoms with Crippen molar-refractivity contribution in [1.82, 2.24) is 37.0 Å². The second-order valence-electron chi connectivity index (χ2n) is 16.0. The number of rotatable bonds is 5. The van der Waals surface area contributed by atoms with Crippen LogP contribution < -0.4 is 0 Å². The number of hydrogen-bond donors (Lipinski definition) is 0. The van der Waals surface area contributed by atoms with E-state index in [-0.39, 0.29) is 0 Å². The molecule has 0 unspecified atom stereocenters. The molecule has 8 aromatic carbocycles. The zero-order valence-corrected chi connectivity index (χ0v) is 33.2. The molecule has 6 heterocycles. The molecular formula is C54H34N8. The highest BCUT2D eigenvalue weighted by molar-refractivity contribution is 6.12. The Balaban J connectivity index is 1.02. The van der Waals surface area contributed by atoms with Gasteiger partial charge in [-0.05, 0) is 96.1 Å². The number of benzene rings is 8. The van der Waals surface area contributed by atoms with E-state index in [1.54, 1.807) is 0 Å². The van der Waals surface area contributed by atoms with Gasteiger partial charge in [0.05, 0.1) is 33.1 Å². The van der Waals surface area contributed by atoms with E-state index in [9.17, 15) is 0 Å². The molecular weight excluding hydrogens is 761 g/mol. The highest BCUT2D eigenvalue weighted by atomic mass is 15.3. The van der Waals surface area contributed by atoms with Gasteiger partial charge in [0.15, 0.2) is 11.3 Å². The highest BCUT2D eigenvalue weighted by Gasteiger charge is 2.27. The van der Waals surface area contributed by atoms with Crippen LogP contribution in [0.1, 0.15) is 0 Å². The topological polar surface area (TPSA) is 54.3 Å². The summed E-state index contributed by atoms with van der Waals surface area (Å²) >= 11 is 0. The van der Waals surface area contributed by atoms with Crippen LogP contribution in [0.15, 0.2) is 206 Å². The Morgan fingerprint density at radius 3 is 1.02 bits per heavy atom. The van der Waals surface area contributed by atoms with Crippen molar-refractivity contribution in [3.63, 3.8) is 0 Å². The zero-order chi connectivity index (χ0) is 40.5. The van der Waals surface area contributed by atoms with Crippen molar-refractivity contribution >= 4 is 77.8 Å². The lowest BCUT2D eigenvalue weighted by Crippen LogP contribution is -1.97. The Labute approximate surface area is 353 Å². The van der Waals surface area contributed by atoms with Gasteiger partial charge in [0.1, 0.15) is 11.0 Å². The molecule has 0 fully saturated rings. The van der Waals surface area contributed by atoms with Crippen molar-refractivity contribution < 1.29 is 0 Å². The molecule has 0 radical (unpaired) electrons. The third-order valence-corrected chi connectivity index (χ3v) is 12.6. The summed E-state index contributed by atoms with van der Waals surface area (Å²) in [6.45, 7) is 0. The van der Waals surface area contributed by atoms with Gasteiger partial charge in [0.2, 0.25) is 11.6 Å². The Morgan fingerprint density at radius 2 is 0.629 bits per heavy atom. The molecule has 0 aliphatic carbocycles. The van der Waals surface area contributed by atoms with E-state index >= 15 is 0 Å². The molecule has 0 N–H and O–H groups in total. The lowest BCUT2D eigenvalue weighted by Gasteiger charge is -2.08. The fourth-order valence-corrected chi connectivity index (χ4v) is 10.0. The van der Waals surface area contributed by atoms with Crippen LogP contribution in [0.5, 0.6) is 0 Å². The summed E-state index contributed by atoms with van der Waals surface area (Å²) in [5.41, 5.74) is 17.2. The summed E-state index contributed by atoms with van der Waals surface area (Å²) < 4.78 is 14.0. The number of hydrogen-bond acceptors (Lipinski definition) is 2. The monoisotopic (exact) mass is 794 g/mol. The minimum Gasteiger partial charge on any atom is -0.294 e. The minimum absolute atomic E-state index is 0.871. The van der Waals surface area contributed by atoms with Gasteiger partial charge in [-0.3, -0.25) is 27.1 Å². The van der Waals surface area contributed by atoms with Crippen LogP contribution >= 0.6 is 0 Å². The van der Waals surface area contributed by atoms with Crippen molar-refractivity contribution in [3.8, 4) is 33.9 Å². The maximum absolute atomic E-state index is 5.44. The van der Waals surface area contributed by atoms with E-state index < -0.39 is 0 Å². The smallest absolute Gasteiger partial charge is 0.221 e. The lowest BCUT2D eigenvalue weighted by atomic mass is 10.0. The number of aromatic nitrogens is 8. The molecule has 8 nitrogen and oxygen atoms in total. The zero-order valence-electron chi connectivity index (χ0n) is 33.2. The average molecular weight is 795 g/mol. The van der Waals surface area contributed by atoms with E-state index in [1.165, 1.54) is 10.8 Å². The first-order valence-electron chi connectivity index (χ1n) is 20.9. The minimum atomic E-state index is 0.871. The van der Waals surface area contributed by atoms with Crippen molar-refractivity contribution in [3.05, 3.63) is 206 Å². The van der Waals surface area contributed by atoms with Crippen LogP contribution in [-0.4, -0.2) is 37.0 Å². The van der Waals surface area contributed by atoms with Crippen LogP contribution in [0, 0.1) is 0 Å². The van der Waals surface area contributed by atoms with Gasteiger partial charge in [-0.1, -0.05) is 121 Å². The van der Waals surface area contributed by atoms with Gasteiger partial charge in [0, 0.05) is 33.5 Å². The quantitative estimate of drug-likeness (QED) is 0.174. The molecule has 14 aromatic rings. The molecule has 0 saturated heterocycles. The van der Waals surface area contributed by atoms with E-state index in [1.807, 2.05) is 0 Å². The van der Waals surface area contributed by atoms with Crippen molar-refractivity contribution in [2.45, 2.75) is 0 Å². The Bertz CT molecular complexity index is 3800. The van der Waals surface area contributed by atoms with Gasteiger partial charge in [-0.25, -0.2) is 9.97 Å². The number of nitrogens with zero attached hydrogens (tertiary/aromatic N) is 8. The van der Waals surface area contributed by atoms with Crippen LogP contribution in [0.3, 0.4) is 0 Å². The molecule has 8 heteroatoms. The Morgan fingerprint density at radius 1 is 0.290 bits per heavy atom. The predicted molar refractivity (Wildman–Crippen MR) is 252 cm³/mol. The molecule has 0 saturated carbocycles. The van der Waals surface area contributed by atoms with Crippen LogP contribution in [0.25, 0.3) is 112 Å². The fourth-order valence-electron chi connectivity index (χ4n) is 10.0. The maximum atomic E-state index is 5.44. The summed E-state index contributed by atoms with van der Waals surface area (Å²) in [7, 11) is 0. The third kappa shape index (κ3) is 4.44. The molecule has 0 atom stereocenters. The molecule has 62 heavy (non-hydrogen) atoms. The number of para-hydroxylation sites is 6. The van der Waals surface area contributed by atoms with Crippen molar-refractivity contribution in [2.75, 3.05) is 0 Å². The van der Waals surface area contributed by atoms with Crippen LogP contribution in [-0.2, 0) is 0 Å². The summed E-state index contributed by atoms with van der Waals surface area (Å²) in [5.74, 6) is 1.74. The molecule has 0 bridgehead atoms. The van der Waals surface area contributed by atoms with Gasteiger partial charge in [-0.2, -0.15) is 0 Å². The second-order valence-corrected chi connectivity index (χ2v) is 16.0. The first kappa shape index (κ1) is 33.2. The maximum Gasteiger partial charge on any atom is 0.221 e. The van der Waals surface area contributed by atoms with Crippen LogP contribution in [0.2, 0.25) is 0 Å². The fraction of sp³-hybridized carbons (Fsp3) is 0. The van der Waals surface area contributed by atoms with Gasteiger partial charge >= 0.3 is 0 Å². The molecule has 0 spiro atoms. The standard InChI is InChI=1S/C54H34N8/c1-5-17-37(18-6-1)57-45-27-15-13-25-41(45)49-51(57)61-47-31-29-35(33-43(47)55-53(61)59(49)39-21-9-3-10-22-39)36-30-32-48-44(34-36)56-54-60(40-23-11-4-12-24-40)50-42-26-14-16-28-46(42)58(52(50)62(48)54)38-19-7-2-8-20-38/h1-34H. The van der Waals surface area contributed by atoms with Gasteiger partial charge in [0.25, 0.3) is 0 Å². The van der Waals surface area contributed by atoms with Crippen LogP contribution in [0.4, 0.5) is 0 Å². The largest absolute Gasteiger partial charge is 0.294 e. The number of fused-ring (bicyclic) bond motifs is 14. The molecule has 0 aliphatic heterocycles. The summed E-state index contributed by atoms with van der Waals surface area (Å²) in [6, 6.07) is 73.2. The third-order valence-electron chi connectivity index (χ3n) is 12.6. The highest BCUT2D eigenvalue weighted by Crippen LogP contribution is 2.41. The summed E-state index contributed by atoms with van der Waals surface area (Å²) in [4.78, 5) is 10.9.